The first-order chi connectivity index (χ1) is 7.09. The number of unbranched alkanes of at least 4 members (excludes halogenated alkanes) is 4. The molecule has 88 valence electrons. The van der Waals surface area contributed by atoms with Gasteiger partial charge in [-0.2, -0.15) is 0 Å². The average Bonchev–Trinajstić information content (AvgIpc) is 2.21. The highest BCUT2D eigenvalue weighted by molar-refractivity contribution is 5.86. The smallest absolute Gasteiger partial charge is 0.333 e. The van der Waals surface area contributed by atoms with Gasteiger partial charge >= 0.3 is 5.97 Å². The van der Waals surface area contributed by atoms with Gasteiger partial charge in [-0.25, -0.2) is 4.79 Å². The molecule has 1 unspecified atom stereocenters. The lowest BCUT2D eigenvalue weighted by Gasteiger charge is -2.09. The van der Waals surface area contributed by atoms with Crippen LogP contribution in [0.25, 0.3) is 0 Å². The molecule has 0 aliphatic heterocycles. The van der Waals surface area contributed by atoms with Crippen molar-refractivity contribution < 1.29 is 20.1 Å². The molecule has 1 atom stereocenters. The summed E-state index contributed by atoms with van der Waals surface area (Å²) in [7, 11) is 0. The summed E-state index contributed by atoms with van der Waals surface area (Å²) in [6.45, 7) is 3.52. The SMILES string of the molecule is C=C(C(=O)O)C(O)CCCCCCCO. The van der Waals surface area contributed by atoms with Crippen molar-refractivity contribution in [3.8, 4) is 0 Å². The fraction of sp³-hybridized carbons (Fsp3) is 0.727. The van der Waals surface area contributed by atoms with Crippen LogP contribution in [0.3, 0.4) is 0 Å². The maximum Gasteiger partial charge on any atom is 0.333 e. The van der Waals surface area contributed by atoms with Gasteiger partial charge in [0.25, 0.3) is 0 Å². The molecule has 3 N–H and O–H groups in total. The molecule has 0 amide bonds. The quantitative estimate of drug-likeness (QED) is 0.401. The van der Waals surface area contributed by atoms with Crippen LogP contribution in [0.15, 0.2) is 12.2 Å². The van der Waals surface area contributed by atoms with Crippen molar-refractivity contribution in [2.45, 2.75) is 44.6 Å². The van der Waals surface area contributed by atoms with E-state index in [0.717, 1.165) is 32.1 Å². The lowest BCUT2D eigenvalue weighted by Crippen LogP contribution is -2.16. The predicted octanol–water partition coefficient (Wildman–Crippen LogP) is 1.32. The van der Waals surface area contributed by atoms with Crippen molar-refractivity contribution >= 4 is 5.97 Å². The van der Waals surface area contributed by atoms with Gasteiger partial charge in [0.15, 0.2) is 0 Å². The molecule has 0 saturated carbocycles. The Morgan fingerprint density at radius 2 is 1.67 bits per heavy atom. The van der Waals surface area contributed by atoms with E-state index in [4.69, 9.17) is 10.2 Å². The second-order valence-corrected chi connectivity index (χ2v) is 3.63. The minimum Gasteiger partial charge on any atom is -0.478 e. The van der Waals surface area contributed by atoms with E-state index in [2.05, 4.69) is 6.58 Å². The molecule has 0 rings (SSSR count). The molecule has 0 aliphatic carbocycles. The van der Waals surface area contributed by atoms with Gasteiger partial charge in [0.1, 0.15) is 0 Å². The number of aliphatic hydroxyl groups excluding tert-OH is 2. The third kappa shape index (κ3) is 7.11. The lowest BCUT2D eigenvalue weighted by molar-refractivity contribution is -0.133. The van der Waals surface area contributed by atoms with Gasteiger partial charge in [-0.3, -0.25) is 0 Å². The summed E-state index contributed by atoms with van der Waals surface area (Å²) in [6, 6.07) is 0. The molecule has 0 aliphatic rings. The molecule has 0 aromatic heterocycles. The molecule has 0 spiro atoms. The van der Waals surface area contributed by atoms with Crippen molar-refractivity contribution in [1.82, 2.24) is 0 Å². The third-order valence-corrected chi connectivity index (χ3v) is 2.31. The van der Waals surface area contributed by atoms with E-state index in [1.165, 1.54) is 0 Å². The molecule has 0 radical (unpaired) electrons. The number of aliphatic carboxylic acids is 1. The molecule has 0 aromatic rings. The highest BCUT2D eigenvalue weighted by Gasteiger charge is 2.14. The van der Waals surface area contributed by atoms with Crippen molar-refractivity contribution in [1.29, 1.82) is 0 Å². The van der Waals surface area contributed by atoms with Crippen LogP contribution in [-0.2, 0) is 4.79 Å². The Bertz CT molecular complexity index is 201. The van der Waals surface area contributed by atoms with Crippen LogP contribution in [-0.4, -0.2) is 34.0 Å². The first-order valence-corrected chi connectivity index (χ1v) is 5.30. The highest BCUT2D eigenvalue weighted by atomic mass is 16.4. The number of aliphatic hydroxyl groups is 2. The summed E-state index contributed by atoms with van der Waals surface area (Å²) >= 11 is 0. The summed E-state index contributed by atoms with van der Waals surface area (Å²) in [4.78, 5) is 10.4. The Hall–Kier alpha value is -0.870. The Morgan fingerprint density at radius 1 is 1.13 bits per heavy atom. The molecule has 4 heteroatoms. The van der Waals surface area contributed by atoms with Crippen molar-refractivity contribution in [2.75, 3.05) is 6.61 Å². The van der Waals surface area contributed by atoms with Gasteiger partial charge in [0.2, 0.25) is 0 Å². The van der Waals surface area contributed by atoms with Gasteiger partial charge in [-0.1, -0.05) is 32.3 Å². The van der Waals surface area contributed by atoms with Crippen LogP contribution in [0.4, 0.5) is 0 Å². The molecule has 4 nitrogen and oxygen atoms in total. The van der Waals surface area contributed by atoms with Gasteiger partial charge < -0.3 is 15.3 Å². The van der Waals surface area contributed by atoms with E-state index in [-0.39, 0.29) is 12.2 Å². The molecule has 15 heavy (non-hydrogen) atoms. The molecule has 0 saturated heterocycles. The van der Waals surface area contributed by atoms with E-state index in [1.54, 1.807) is 0 Å². The minimum absolute atomic E-state index is 0.134. The van der Waals surface area contributed by atoms with Crippen molar-refractivity contribution in [3.63, 3.8) is 0 Å². The second-order valence-electron chi connectivity index (χ2n) is 3.63. The van der Waals surface area contributed by atoms with Crippen molar-refractivity contribution in [3.05, 3.63) is 12.2 Å². The zero-order valence-corrected chi connectivity index (χ0v) is 8.98. The Morgan fingerprint density at radius 3 is 2.20 bits per heavy atom. The Kier molecular flexibility index (Phi) is 7.95. The van der Waals surface area contributed by atoms with E-state index >= 15 is 0 Å². The van der Waals surface area contributed by atoms with Gasteiger partial charge in [-0.05, 0) is 12.8 Å². The maximum absolute atomic E-state index is 10.4. The van der Waals surface area contributed by atoms with E-state index in [0.29, 0.717) is 6.42 Å². The standard InChI is InChI=1S/C11H20O4/c1-9(11(14)15)10(13)7-5-3-2-4-6-8-12/h10,12-13H,1-8H2,(H,14,15). The van der Waals surface area contributed by atoms with E-state index < -0.39 is 12.1 Å². The second kappa shape index (κ2) is 8.44. The first-order valence-electron chi connectivity index (χ1n) is 5.30. The van der Waals surface area contributed by atoms with Crippen molar-refractivity contribution in [2.24, 2.45) is 0 Å². The number of hydrogen-bond acceptors (Lipinski definition) is 3. The maximum atomic E-state index is 10.4. The zero-order valence-electron chi connectivity index (χ0n) is 8.98. The minimum atomic E-state index is -1.14. The number of carbonyl (C=O) groups is 1. The predicted molar refractivity (Wildman–Crippen MR) is 57.6 cm³/mol. The average molecular weight is 216 g/mol. The summed E-state index contributed by atoms with van der Waals surface area (Å²) in [5.74, 6) is -1.14. The zero-order chi connectivity index (χ0) is 11.7. The van der Waals surface area contributed by atoms with Crippen LogP contribution >= 0.6 is 0 Å². The largest absolute Gasteiger partial charge is 0.478 e. The summed E-state index contributed by atoms with van der Waals surface area (Å²) in [5, 5.41) is 26.4. The normalized spacial score (nSPS) is 12.4. The summed E-state index contributed by atoms with van der Waals surface area (Å²) < 4.78 is 0. The molecule has 0 bridgehead atoms. The number of carboxylic acids is 1. The monoisotopic (exact) mass is 216 g/mol. The molecule has 0 heterocycles. The lowest BCUT2D eigenvalue weighted by atomic mass is 10.0. The van der Waals surface area contributed by atoms with Crippen LogP contribution < -0.4 is 0 Å². The number of carboxylic acid groups (broad SMARTS) is 1. The number of hydrogen-bond donors (Lipinski definition) is 3. The fourth-order valence-electron chi connectivity index (χ4n) is 1.30. The summed E-state index contributed by atoms with van der Waals surface area (Å²) in [5.41, 5.74) is -0.134. The van der Waals surface area contributed by atoms with Crippen LogP contribution in [0, 0.1) is 0 Å². The van der Waals surface area contributed by atoms with Crippen LogP contribution in [0.5, 0.6) is 0 Å². The topological polar surface area (TPSA) is 77.8 Å². The van der Waals surface area contributed by atoms with Gasteiger partial charge in [0.05, 0.1) is 11.7 Å². The van der Waals surface area contributed by atoms with E-state index in [9.17, 15) is 9.90 Å². The van der Waals surface area contributed by atoms with Gasteiger partial charge in [0, 0.05) is 6.61 Å². The molecular weight excluding hydrogens is 196 g/mol. The van der Waals surface area contributed by atoms with Gasteiger partial charge in [-0.15, -0.1) is 0 Å². The van der Waals surface area contributed by atoms with Crippen LogP contribution in [0.2, 0.25) is 0 Å². The first kappa shape index (κ1) is 14.1. The van der Waals surface area contributed by atoms with Crippen LogP contribution in [0.1, 0.15) is 38.5 Å². The highest BCUT2D eigenvalue weighted by Crippen LogP contribution is 2.11. The fourth-order valence-corrected chi connectivity index (χ4v) is 1.30. The number of rotatable bonds is 9. The molecule has 0 fully saturated rings. The Labute approximate surface area is 90.2 Å². The molecular formula is C11H20O4. The Balaban J connectivity index is 3.43. The summed E-state index contributed by atoms with van der Waals surface area (Å²) in [6.07, 6.45) is 4.05. The molecule has 0 aromatic carbocycles. The third-order valence-electron chi connectivity index (χ3n) is 2.31. The van der Waals surface area contributed by atoms with E-state index in [1.807, 2.05) is 0 Å².